The molecule has 6 rings (SSSR count). The first-order valence-electron chi connectivity index (χ1n) is 13.0. The Bertz CT molecular complexity index is 1550. The fourth-order valence-corrected chi connectivity index (χ4v) is 5.04. The van der Waals surface area contributed by atoms with Gasteiger partial charge in [-0.15, -0.1) is 12.4 Å². The number of benzene rings is 3. The Kier molecular flexibility index (Phi) is 8.47. The van der Waals surface area contributed by atoms with Gasteiger partial charge in [-0.05, 0) is 71.3 Å². The van der Waals surface area contributed by atoms with Gasteiger partial charge in [0, 0.05) is 72.0 Å². The first-order chi connectivity index (χ1) is 19.5. The second-order valence-corrected chi connectivity index (χ2v) is 9.85. The van der Waals surface area contributed by atoms with Crippen molar-refractivity contribution < 1.29 is 13.2 Å². The average Bonchev–Trinajstić information content (AvgIpc) is 3.72. The molecule has 8 heteroatoms. The highest BCUT2D eigenvalue weighted by molar-refractivity contribution is 5.85. The molecule has 3 aromatic heterocycles. The van der Waals surface area contributed by atoms with Crippen molar-refractivity contribution in [1.29, 1.82) is 0 Å². The fraction of sp³-hybridized carbons (Fsp3) is 0.0909. The van der Waals surface area contributed by atoms with E-state index in [4.69, 9.17) is 0 Å². The quantitative estimate of drug-likeness (QED) is 0.159. The SMILES string of the molecule is Cl.Fc1ccccc1-c1cc(CN(Cc2c[nH]c(-c3ccccc3F)c2)Cc2c[nH]c(-c3ccccc3F)c2)c[nH]1. The Morgan fingerprint density at radius 3 is 1.05 bits per heavy atom. The molecule has 4 nitrogen and oxygen atoms in total. The standard InChI is InChI=1S/C33H27F3N4.ClH/c34-28-10-4-1-7-25(28)31-13-22(16-37-31)19-40(20-23-14-32(38-17-23)26-8-2-5-11-29(26)35)21-24-15-33(39-18-24)27-9-3-6-12-30(27)36;/h1-18,37-39H,19-21H2;1H. The van der Waals surface area contributed by atoms with Crippen molar-refractivity contribution in [2.45, 2.75) is 19.6 Å². The summed E-state index contributed by atoms with van der Waals surface area (Å²) in [4.78, 5) is 11.8. The van der Waals surface area contributed by atoms with Crippen LogP contribution in [0.2, 0.25) is 0 Å². The lowest BCUT2D eigenvalue weighted by Gasteiger charge is -2.21. The van der Waals surface area contributed by atoms with Gasteiger partial charge < -0.3 is 15.0 Å². The minimum Gasteiger partial charge on any atom is -0.361 e. The summed E-state index contributed by atoms with van der Waals surface area (Å²) in [6.45, 7) is 1.72. The van der Waals surface area contributed by atoms with Crippen LogP contribution in [0, 0.1) is 17.5 Å². The van der Waals surface area contributed by atoms with Gasteiger partial charge in [-0.2, -0.15) is 0 Å². The van der Waals surface area contributed by atoms with Gasteiger partial charge in [0.1, 0.15) is 17.5 Å². The summed E-state index contributed by atoms with van der Waals surface area (Å²) in [6, 6.07) is 25.9. The van der Waals surface area contributed by atoms with Crippen LogP contribution in [0.25, 0.3) is 33.8 Å². The lowest BCUT2D eigenvalue weighted by Crippen LogP contribution is -2.21. The van der Waals surface area contributed by atoms with Crippen LogP contribution in [-0.4, -0.2) is 19.9 Å². The Morgan fingerprint density at radius 1 is 0.463 bits per heavy atom. The Hall–Kier alpha value is -4.46. The van der Waals surface area contributed by atoms with Gasteiger partial charge >= 0.3 is 0 Å². The largest absolute Gasteiger partial charge is 0.361 e. The van der Waals surface area contributed by atoms with E-state index >= 15 is 0 Å². The molecular formula is C33H28ClF3N4. The number of rotatable bonds is 9. The maximum absolute atomic E-state index is 14.4. The van der Waals surface area contributed by atoms with Crippen molar-refractivity contribution in [3.63, 3.8) is 0 Å². The van der Waals surface area contributed by atoms with Crippen LogP contribution in [-0.2, 0) is 19.6 Å². The van der Waals surface area contributed by atoms with Gasteiger partial charge in [0.05, 0.1) is 0 Å². The Morgan fingerprint density at radius 2 is 0.756 bits per heavy atom. The minimum atomic E-state index is -0.284. The molecule has 0 atom stereocenters. The number of hydrogen-bond acceptors (Lipinski definition) is 1. The van der Waals surface area contributed by atoms with Crippen molar-refractivity contribution >= 4 is 12.4 Å². The summed E-state index contributed by atoms with van der Waals surface area (Å²) in [5.74, 6) is -0.851. The van der Waals surface area contributed by atoms with E-state index in [1.807, 2.05) is 55.0 Å². The number of nitrogens with zero attached hydrogens (tertiary/aromatic N) is 1. The smallest absolute Gasteiger partial charge is 0.132 e. The maximum atomic E-state index is 14.4. The van der Waals surface area contributed by atoms with Crippen molar-refractivity contribution in [3.05, 3.63) is 144 Å². The highest BCUT2D eigenvalue weighted by atomic mass is 35.5. The third-order valence-electron chi connectivity index (χ3n) is 6.94. The molecule has 3 aromatic carbocycles. The van der Waals surface area contributed by atoms with Crippen LogP contribution in [0.1, 0.15) is 16.7 Å². The molecule has 6 aromatic rings. The van der Waals surface area contributed by atoms with Crippen molar-refractivity contribution in [2.75, 3.05) is 0 Å². The zero-order valence-corrected chi connectivity index (χ0v) is 22.8. The number of aromatic nitrogens is 3. The summed E-state index contributed by atoms with van der Waals surface area (Å²) >= 11 is 0. The Labute approximate surface area is 242 Å². The molecule has 0 unspecified atom stereocenters. The van der Waals surface area contributed by atoms with E-state index in [9.17, 15) is 13.2 Å². The molecule has 0 spiro atoms. The first kappa shape index (κ1) is 28.1. The molecule has 3 heterocycles. The number of nitrogens with one attached hydrogen (secondary N) is 3. The first-order valence-corrected chi connectivity index (χ1v) is 13.0. The summed E-state index contributed by atoms with van der Waals surface area (Å²) in [7, 11) is 0. The van der Waals surface area contributed by atoms with Crippen molar-refractivity contribution in [1.82, 2.24) is 19.9 Å². The van der Waals surface area contributed by atoms with E-state index in [1.54, 1.807) is 36.4 Å². The molecule has 208 valence electrons. The molecule has 0 bridgehead atoms. The van der Waals surface area contributed by atoms with E-state index < -0.39 is 0 Å². The van der Waals surface area contributed by atoms with Crippen molar-refractivity contribution in [3.8, 4) is 33.8 Å². The number of H-pyrrole nitrogens is 3. The number of aromatic amines is 3. The van der Waals surface area contributed by atoms with Crippen LogP contribution >= 0.6 is 12.4 Å². The van der Waals surface area contributed by atoms with Gasteiger partial charge in [0.2, 0.25) is 0 Å². The molecular weight excluding hydrogens is 545 g/mol. The molecule has 0 radical (unpaired) electrons. The average molecular weight is 573 g/mol. The van der Waals surface area contributed by atoms with Crippen molar-refractivity contribution in [2.24, 2.45) is 0 Å². The van der Waals surface area contributed by atoms with E-state index in [0.717, 1.165) is 16.7 Å². The topological polar surface area (TPSA) is 50.6 Å². The van der Waals surface area contributed by atoms with E-state index in [-0.39, 0.29) is 29.9 Å². The Balaban J connectivity index is 0.00000337. The summed E-state index contributed by atoms with van der Waals surface area (Å²) < 4.78 is 43.1. The van der Waals surface area contributed by atoms with Crippen LogP contribution < -0.4 is 0 Å². The molecule has 0 aliphatic rings. The molecule has 0 saturated heterocycles. The molecule has 0 fully saturated rings. The van der Waals surface area contributed by atoms with E-state index in [2.05, 4.69) is 19.9 Å². The predicted octanol–water partition coefficient (Wildman–Crippen LogP) is 8.71. The van der Waals surface area contributed by atoms with Gasteiger partial charge in [-0.1, -0.05) is 36.4 Å². The van der Waals surface area contributed by atoms with Crippen LogP contribution in [0.15, 0.2) is 110 Å². The molecule has 3 N–H and O–H groups in total. The predicted molar refractivity (Wildman–Crippen MR) is 159 cm³/mol. The molecule has 0 aliphatic carbocycles. The second kappa shape index (κ2) is 12.4. The van der Waals surface area contributed by atoms with Crippen LogP contribution in [0.5, 0.6) is 0 Å². The molecule has 0 amide bonds. The second-order valence-electron chi connectivity index (χ2n) is 9.85. The summed E-state index contributed by atoms with van der Waals surface area (Å²) in [5, 5.41) is 0. The fourth-order valence-electron chi connectivity index (χ4n) is 5.04. The highest BCUT2D eigenvalue weighted by Gasteiger charge is 2.15. The van der Waals surface area contributed by atoms with Gasteiger partial charge in [-0.25, -0.2) is 13.2 Å². The zero-order chi connectivity index (χ0) is 27.5. The third-order valence-corrected chi connectivity index (χ3v) is 6.94. The van der Waals surface area contributed by atoms with E-state index in [0.29, 0.717) is 53.4 Å². The lowest BCUT2D eigenvalue weighted by molar-refractivity contribution is 0.248. The zero-order valence-electron chi connectivity index (χ0n) is 22.0. The summed E-state index contributed by atoms with van der Waals surface area (Å²) in [5.41, 5.74) is 6.65. The van der Waals surface area contributed by atoms with Gasteiger partial charge in [0.25, 0.3) is 0 Å². The minimum absolute atomic E-state index is 0. The van der Waals surface area contributed by atoms with Crippen LogP contribution in [0.3, 0.4) is 0 Å². The summed E-state index contributed by atoms with van der Waals surface area (Å²) in [6.07, 6.45) is 5.66. The normalized spacial score (nSPS) is 11.1. The third kappa shape index (κ3) is 6.32. The lowest BCUT2D eigenvalue weighted by atomic mass is 10.1. The number of halogens is 4. The monoisotopic (exact) mass is 572 g/mol. The van der Waals surface area contributed by atoms with Gasteiger partial charge in [-0.3, -0.25) is 4.90 Å². The van der Waals surface area contributed by atoms with Gasteiger partial charge in [0.15, 0.2) is 0 Å². The molecule has 0 saturated carbocycles. The molecule has 0 aliphatic heterocycles. The maximum Gasteiger partial charge on any atom is 0.132 e. The number of hydrogen-bond donors (Lipinski definition) is 3. The van der Waals surface area contributed by atoms with E-state index in [1.165, 1.54) is 18.2 Å². The molecule has 41 heavy (non-hydrogen) atoms. The highest BCUT2D eigenvalue weighted by Crippen LogP contribution is 2.27. The van der Waals surface area contributed by atoms with Crippen LogP contribution in [0.4, 0.5) is 13.2 Å².